The number of hydrogen-bond acceptors (Lipinski definition) is 4. The number of ether oxygens (including phenoxy) is 1. The van der Waals surface area contributed by atoms with Gasteiger partial charge in [0, 0.05) is 10.4 Å². The van der Waals surface area contributed by atoms with E-state index in [1.165, 1.54) is 34.1 Å². The molecular formula is C28H23BrN2O2S. The minimum Gasteiger partial charge on any atom is -0.488 e. The lowest BCUT2D eigenvalue weighted by Gasteiger charge is -2.11. The molecule has 6 rings (SSSR count). The Bertz CT molecular complexity index is 1580. The number of benzene rings is 3. The summed E-state index contributed by atoms with van der Waals surface area (Å²) in [7, 11) is 0. The summed E-state index contributed by atoms with van der Waals surface area (Å²) in [6.07, 6.45) is 5.60. The first-order valence-corrected chi connectivity index (χ1v) is 13.2. The van der Waals surface area contributed by atoms with Crippen LogP contribution in [0.5, 0.6) is 5.75 Å². The van der Waals surface area contributed by atoms with Gasteiger partial charge >= 0.3 is 0 Å². The van der Waals surface area contributed by atoms with Crippen molar-refractivity contribution in [3.05, 3.63) is 91.5 Å². The van der Waals surface area contributed by atoms with Gasteiger partial charge in [0.25, 0.3) is 5.56 Å². The number of hydrogen-bond donors (Lipinski definition) is 1. The summed E-state index contributed by atoms with van der Waals surface area (Å²) in [5.41, 5.74) is 3.18. The fourth-order valence-corrected chi connectivity index (χ4v) is 6.57. The molecular weight excluding hydrogens is 508 g/mol. The van der Waals surface area contributed by atoms with Crippen LogP contribution in [0.25, 0.3) is 32.4 Å². The van der Waals surface area contributed by atoms with Crippen molar-refractivity contribution in [2.45, 2.75) is 38.7 Å². The van der Waals surface area contributed by atoms with Crippen molar-refractivity contribution in [2.75, 3.05) is 0 Å². The first kappa shape index (κ1) is 21.6. The Hall–Kier alpha value is -2.96. The molecule has 0 fully saturated rings. The van der Waals surface area contributed by atoms with Gasteiger partial charge < -0.3 is 9.72 Å². The van der Waals surface area contributed by atoms with Crippen LogP contribution in [0, 0.1) is 0 Å². The van der Waals surface area contributed by atoms with Crippen LogP contribution in [0.3, 0.4) is 0 Å². The molecule has 3 aromatic carbocycles. The number of nitrogens with one attached hydrogen (secondary N) is 1. The topological polar surface area (TPSA) is 55.0 Å². The minimum absolute atomic E-state index is 0.0354. The zero-order valence-corrected chi connectivity index (χ0v) is 21.0. The number of halogens is 1. The number of nitrogens with zero attached hydrogens (tertiary/aromatic N) is 1. The molecule has 0 atom stereocenters. The van der Waals surface area contributed by atoms with Gasteiger partial charge in [-0.25, -0.2) is 4.98 Å². The molecule has 1 N–H and O–H groups in total. The monoisotopic (exact) mass is 530 g/mol. The summed E-state index contributed by atoms with van der Waals surface area (Å²) in [5, 5.41) is 3.19. The lowest BCUT2D eigenvalue weighted by molar-refractivity contribution is 0.306. The summed E-state index contributed by atoms with van der Waals surface area (Å²) in [5.74, 6) is 1.35. The van der Waals surface area contributed by atoms with Crippen molar-refractivity contribution in [2.24, 2.45) is 0 Å². The molecule has 170 valence electrons. The Morgan fingerprint density at radius 2 is 1.85 bits per heavy atom. The molecule has 1 aliphatic carbocycles. The van der Waals surface area contributed by atoms with Gasteiger partial charge in [-0.05, 0) is 81.7 Å². The van der Waals surface area contributed by atoms with Gasteiger partial charge in [0.05, 0.1) is 9.86 Å². The van der Waals surface area contributed by atoms with E-state index in [0.717, 1.165) is 50.8 Å². The second-order valence-electron chi connectivity index (χ2n) is 8.73. The van der Waals surface area contributed by atoms with Crippen LogP contribution in [0.2, 0.25) is 0 Å². The summed E-state index contributed by atoms with van der Waals surface area (Å²) in [4.78, 5) is 23.1. The molecule has 5 aromatic rings. The lowest BCUT2D eigenvalue weighted by atomic mass is 10.1. The highest BCUT2D eigenvalue weighted by atomic mass is 79.9. The van der Waals surface area contributed by atoms with Crippen LogP contribution in [0.4, 0.5) is 0 Å². The third kappa shape index (κ3) is 3.95. The summed E-state index contributed by atoms with van der Waals surface area (Å²) in [6.45, 7) is 0.473. The summed E-state index contributed by atoms with van der Waals surface area (Å²) >= 11 is 5.33. The van der Waals surface area contributed by atoms with Crippen molar-refractivity contribution in [1.82, 2.24) is 9.97 Å². The second kappa shape index (κ2) is 9.01. The molecule has 0 aliphatic heterocycles. The number of H-pyrrole nitrogens is 1. The maximum atomic E-state index is 13.0. The van der Waals surface area contributed by atoms with Gasteiger partial charge in [0.1, 0.15) is 23.0 Å². The summed E-state index contributed by atoms with van der Waals surface area (Å²) < 4.78 is 6.97. The Balaban J connectivity index is 1.29. The minimum atomic E-state index is -0.0354. The molecule has 34 heavy (non-hydrogen) atoms. The predicted molar refractivity (Wildman–Crippen MR) is 143 cm³/mol. The first-order chi connectivity index (χ1) is 16.7. The maximum Gasteiger partial charge on any atom is 0.260 e. The Labute approximate surface area is 209 Å². The molecule has 2 aromatic heterocycles. The molecule has 2 heterocycles. The van der Waals surface area contributed by atoms with Crippen LogP contribution in [0.15, 0.2) is 69.9 Å². The van der Waals surface area contributed by atoms with Crippen molar-refractivity contribution < 1.29 is 4.74 Å². The normalized spacial score (nSPS) is 13.7. The molecule has 0 saturated carbocycles. The van der Waals surface area contributed by atoms with Crippen LogP contribution >= 0.6 is 27.3 Å². The summed E-state index contributed by atoms with van der Waals surface area (Å²) in [6, 6.07) is 20.4. The van der Waals surface area contributed by atoms with E-state index in [4.69, 9.17) is 9.72 Å². The molecule has 6 heteroatoms. The Morgan fingerprint density at radius 1 is 1.00 bits per heavy atom. The van der Waals surface area contributed by atoms with Gasteiger partial charge in [-0.3, -0.25) is 4.79 Å². The van der Waals surface area contributed by atoms with E-state index >= 15 is 0 Å². The number of aromatic amines is 1. The fourth-order valence-electron chi connectivity index (χ4n) is 4.82. The van der Waals surface area contributed by atoms with Crippen LogP contribution < -0.4 is 10.3 Å². The molecule has 0 unspecified atom stereocenters. The smallest absolute Gasteiger partial charge is 0.260 e. The fraction of sp³-hybridized carbons (Fsp3) is 0.214. The highest BCUT2D eigenvalue weighted by molar-refractivity contribution is 9.10. The van der Waals surface area contributed by atoms with Gasteiger partial charge in [-0.2, -0.15) is 0 Å². The zero-order valence-electron chi connectivity index (χ0n) is 18.6. The number of rotatable bonds is 4. The number of fused-ring (bicyclic) bond motifs is 4. The molecule has 0 bridgehead atoms. The van der Waals surface area contributed by atoms with Gasteiger partial charge in [-0.15, -0.1) is 11.3 Å². The van der Waals surface area contributed by atoms with Crippen molar-refractivity contribution >= 4 is 48.3 Å². The van der Waals surface area contributed by atoms with Crippen LogP contribution in [-0.2, 0) is 19.4 Å². The standard InChI is InChI=1S/C28H23BrN2O2S/c29-22-15-18(13-14-23(22)33-16-19-9-6-8-17-7-4-5-10-20(17)19)26-30-27(32)25-21-11-2-1-3-12-24(21)34-28(25)31-26/h4-10,13-15H,1-3,11-12,16H2,(H,30,31,32). The van der Waals surface area contributed by atoms with Crippen molar-refractivity contribution in [1.29, 1.82) is 0 Å². The lowest BCUT2D eigenvalue weighted by Crippen LogP contribution is -2.10. The van der Waals surface area contributed by atoms with Gasteiger partial charge in [0.2, 0.25) is 0 Å². The van der Waals surface area contributed by atoms with Crippen molar-refractivity contribution in [3.8, 4) is 17.1 Å². The quantitative estimate of drug-likeness (QED) is 0.246. The third-order valence-electron chi connectivity index (χ3n) is 6.54. The van der Waals surface area contributed by atoms with E-state index in [1.807, 2.05) is 30.3 Å². The largest absolute Gasteiger partial charge is 0.488 e. The average molecular weight is 531 g/mol. The number of thiophene rings is 1. The third-order valence-corrected chi connectivity index (χ3v) is 8.35. The van der Waals surface area contributed by atoms with E-state index in [0.29, 0.717) is 12.4 Å². The van der Waals surface area contributed by atoms with E-state index < -0.39 is 0 Å². The Morgan fingerprint density at radius 3 is 2.76 bits per heavy atom. The molecule has 1 aliphatic rings. The van der Waals surface area contributed by atoms with Gasteiger partial charge in [0.15, 0.2) is 0 Å². The Kier molecular flexibility index (Phi) is 5.71. The average Bonchev–Trinajstić information content (AvgIpc) is 3.05. The first-order valence-electron chi connectivity index (χ1n) is 11.6. The van der Waals surface area contributed by atoms with Gasteiger partial charge in [-0.1, -0.05) is 48.9 Å². The predicted octanol–water partition coefficient (Wildman–Crippen LogP) is 7.42. The molecule has 0 amide bonds. The SMILES string of the molecule is O=c1[nH]c(-c2ccc(OCc3cccc4ccccc34)c(Br)c2)nc2sc3c(c12)CCCCC3. The van der Waals surface area contributed by atoms with Crippen molar-refractivity contribution in [3.63, 3.8) is 0 Å². The van der Waals surface area contributed by atoms with Crippen LogP contribution in [0.1, 0.15) is 35.3 Å². The maximum absolute atomic E-state index is 13.0. The van der Waals surface area contributed by atoms with E-state index in [-0.39, 0.29) is 5.56 Å². The zero-order chi connectivity index (χ0) is 23.1. The number of aryl methyl sites for hydroxylation is 2. The number of aromatic nitrogens is 2. The second-order valence-corrected chi connectivity index (χ2v) is 10.7. The van der Waals surface area contributed by atoms with Crippen LogP contribution in [-0.4, -0.2) is 9.97 Å². The highest BCUT2D eigenvalue weighted by Crippen LogP contribution is 2.35. The van der Waals surface area contributed by atoms with E-state index in [1.54, 1.807) is 11.3 Å². The van der Waals surface area contributed by atoms with E-state index in [9.17, 15) is 4.79 Å². The van der Waals surface area contributed by atoms with E-state index in [2.05, 4.69) is 51.2 Å². The molecule has 0 radical (unpaired) electrons. The molecule has 0 saturated heterocycles. The molecule has 4 nitrogen and oxygen atoms in total. The highest BCUT2D eigenvalue weighted by Gasteiger charge is 2.19. The molecule has 0 spiro atoms.